The second kappa shape index (κ2) is 6.90. The molecule has 7 nitrogen and oxygen atoms in total. The molecule has 1 amide bonds. The first-order chi connectivity index (χ1) is 14.1. The van der Waals surface area contributed by atoms with Gasteiger partial charge in [0.2, 0.25) is 0 Å². The van der Waals surface area contributed by atoms with E-state index in [-0.39, 0.29) is 16.1 Å². The van der Waals surface area contributed by atoms with Crippen molar-refractivity contribution >= 4 is 15.7 Å². The van der Waals surface area contributed by atoms with Crippen LogP contribution in [-0.4, -0.2) is 35.1 Å². The Labute approximate surface area is 167 Å². The van der Waals surface area contributed by atoms with E-state index in [2.05, 4.69) is 15.6 Å². The molecule has 1 N–H and O–H groups in total. The number of amides is 1. The lowest BCUT2D eigenvalue weighted by Crippen LogP contribution is -2.31. The molecule has 2 aromatic carbocycles. The quantitative estimate of drug-likeness (QED) is 0.632. The monoisotopic (exact) mass is 440 g/mol. The number of fused-ring (bicyclic) bond motifs is 1. The standard InChI is InChI=1S/C18H12F4N4O3S/c19-10-4-3-5-11(8-10)26-16(18(20,21)22)15(24-25-26)17(27)23-13-9-30(28,29)14-7-2-1-6-12(13)14/h1-8,13H,9H2,(H,23,27)/t13-/m1/s1. The van der Waals surface area contributed by atoms with Gasteiger partial charge in [-0.15, -0.1) is 5.10 Å². The van der Waals surface area contributed by atoms with E-state index >= 15 is 0 Å². The molecule has 0 saturated carbocycles. The summed E-state index contributed by atoms with van der Waals surface area (Å²) in [5.74, 6) is -2.53. The van der Waals surface area contributed by atoms with Gasteiger partial charge in [-0.05, 0) is 29.8 Å². The van der Waals surface area contributed by atoms with Crippen LogP contribution >= 0.6 is 0 Å². The first-order valence-corrected chi connectivity index (χ1v) is 10.1. The summed E-state index contributed by atoms with van der Waals surface area (Å²) in [4.78, 5) is 12.6. The van der Waals surface area contributed by atoms with Gasteiger partial charge in [-0.1, -0.05) is 29.5 Å². The highest BCUT2D eigenvalue weighted by atomic mass is 32.2. The molecular formula is C18H12F4N4O3S. The molecule has 1 aliphatic heterocycles. The zero-order valence-corrected chi connectivity index (χ0v) is 15.7. The Morgan fingerprint density at radius 1 is 1.13 bits per heavy atom. The molecule has 30 heavy (non-hydrogen) atoms. The number of halogens is 4. The average Bonchev–Trinajstić information content (AvgIpc) is 3.22. The Morgan fingerprint density at radius 3 is 2.57 bits per heavy atom. The molecule has 0 unspecified atom stereocenters. The minimum atomic E-state index is -5.04. The second-order valence-corrected chi connectivity index (χ2v) is 8.52. The smallest absolute Gasteiger partial charge is 0.343 e. The fourth-order valence-corrected chi connectivity index (χ4v) is 5.01. The Balaban J connectivity index is 1.72. The Morgan fingerprint density at radius 2 is 1.87 bits per heavy atom. The summed E-state index contributed by atoms with van der Waals surface area (Å²) >= 11 is 0. The normalized spacial score (nSPS) is 17.5. The molecular weight excluding hydrogens is 428 g/mol. The molecule has 0 radical (unpaired) electrons. The van der Waals surface area contributed by atoms with Crippen LogP contribution in [0.5, 0.6) is 0 Å². The number of carbonyl (C=O) groups excluding carboxylic acids is 1. The number of benzene rings is 2. The lowest BCUT2D eigenvalue weighted by molar-refractivity contribution is -0.143. The Kier molecular flexibility index (Phi) is 4.60. The van der Waals surface area contributed by atoms with Gasteiger partial charge in [-0.25, -0.2) is 17.5 Å². The van der Waals surface area contributed by atoms with Gasteiger partial charge in [0, 0.05) is 0 Å². The maximum Gasteiger partial charge on any atom is 0.435 e. The van der Waals surface area contributed by atoms with Crippen molar-refractivity contribution in [2.75, 3.05) is 5.75 Å². The number of hydrogen-bond acceptors (Lipinski definition) is 5. The van der Waals surface area contributed by atoms with Crippen molar-refractivity contribution in [3.05, 3.63) is 71.3 Å². The van der Waals surface area contributed by atoms with E-state index in [0.717, 1.165) is 12.1 Å². The largest absolute Gasteiger partial charge is 0.435 e. The van der Waals surface area contributed by atoms with Crippen molar-refractivity contribution in [2.24, 2.45) is 0 Å². The fraction of sp³-hybridized carbons (Fsp3) is 0.167. The molecule has 0 saturated heterocycles. The van der Waals surface area contributed by atoms with E-state index in [1.54, 1.807) is 6.07 Å². The molecule has 1 aromatic heterocycles. The third-order valence-electron chi connectivity index (χ3n) is 4.53. The van der Waals surface area contributed by atoms with E-state index in [0.29, 0.717) is 4.68 Å². The summed E-state index contributed by atoms with van der Waals surface area (Å²) in [5, 5.41) is 8.98. The maximum atomic E-state index is 13.7. The SMILES string of the molecule is O=C(N[C@@H]1CS(=O)(=O)c2ccccc21)c1nnn(-c2cccc(F)c2)c1C(F)(F)F. The molecule has 4 rings (SSSR count). The average molecular weight is 440 g/mol. The zero-order valence-electron chi connectivity index (χ0n) is 14.9. The van der Waals surface area contributed by atoms with E-state index in [1.165, 1.54) is 30.3 Å². The summed E-state index contributed by atoms with van der Waals surface area (Å²) < 4.78 is 79.3. The Bertz CT molecular complexity index is 1250. The van der Waals surface area contributed by atoms with Crippen molar-refractivity contribution in [1.29, 1.82) is 0 Å². The minimum absolute atomic E-state index is 0.00904. The first kappa shape index (κ1) is 20.0. The molecule has 1 atom stereocenters. The summed E-state index contributed by atoms with van der Waals surface area (Å²) in [6.07, 6.45) is -5.04. The van der Waals surface area contributed by atoms with Gasteiger partial charge in [-0.2, -0.15) is 13.2 Å². The number of carbonyl (C=O) groups is 1. The van der Waals surface area contributed by atoms with Gasteiger partial charge in [-0.3, -0.25) is 4.79 Å². The van der Waals surface area contributed by atoms with E-state index in [1.807, 2.05) is 0 Å². The first-order valence-electron chi connectivity index (χ1n) is 8.49. The van der Waals surface area contributed by atoms with Crippen molar-refractivity contribution < 1.29 is 30.8 Å². The number of nitrogens with zero attached hydrogens (tertiary/aromatic N) is 3. The van der Waals surface area contributed by atoms with Gasteiger partial charge in [0.05, 0.1) is 22.4 Å². The molecule has 0 aliphatic carbocycles. The fourth-order valence-electron chi connectivity index (χ4n) is 3.27. The number of sulfone groups is 1. The number of rotatable bonds is 3. The summed E-state index contributed by atoms with van der Waals surface area (Å²) in [7, 11) is -3.68. The molecule has 12 heteroatoms. The molecule has 1 aliphatic rings. The van der Waals surface area contributed by atoms with Crippen LogP contribution in [0.25, 0.3) is 5.69 Å². The van der Waals surface area contributed by atoms with Crippen LogP contribution in [0, 0.1) is 5.82 Å². The predicted molar refractivity (Wildman–Crippen MR) is 95.0 cm³/mol. The highest BCUT2D eigenvalue weighted by molar-refractivity contribution is 7.91. The van der Waals surface area contributed by atoms with E-state index in [9.17, 15) is 30.8 Å². The molecule has 0 spiro atoms. The van der Waals surface area contributed by atoms with Crippen LogP contribution in [0.3, 0.4) is 0 Å². The van der Waals surface area contributed by atoms with Crippen molar-refractivity contribution in [2.45, 2.75) is 17.1 Å². The highest BCUT2D eigenvalue weighted by Gasteiger charge is 2.43. The van der Waals surface area contributed by atoms with Gasteiger partial charge >= 0.3 is 6.18 Å². The van der Waals surface area contributed by atoms with Crippen molar-refractivity contribution in [1.82, 2.24) is 20.3 Å². The minimum Gasteiger partial charge on any atom is -0.343 e. The highest BCUT2D eigenvalue weighted by Crippen LogP contribution is 2.35. The number of alkyl halides is 3. The van der Waals surface area contributed by atoms with Crippen LogP contribution in [0.1, 0.15) is 27.8 Å². The van der Waals surface area contributed by atoms with Crippen molar-refractivity contribution in [3.8, 4) is 5.69 Å². The van der Waals surface area contributed by atoms with Crippen LogP contribution in [0.4, 0.5) is 17.6 Å². The van der Waals surface area contributed by atoms with Gasteiger partial charge in [0.1, 0.15) is 5.82 Å². The lowest BCUT2D eigenvalue weighted by atomic mass is 10.1. The third-order valence-corrected chi connectivity index (χ3v) is 6.34. The van der Waals surface area contributed by atoms with Gasteiger partial charge in [0.25, 0.3) is 5.91 Å². The molecule has 0 bridgehead atoms. The maximum absolute atomic E-state index is 13.7. The van der Waals surface area contributed by atoms with Gasteiger partial charge < -0.3 is 5.32 Å². The molecule has 0 fully saturated rings. The molecule has 2 heterocycles. The van der Waals surface area contributed by atoms with Crippen LogP contribution in [-0.2, 0) is 16.0 Å². The number of aromatic nitrogens is 3. The number of hydrogen-bond donors (Lipinski definition) is 1. The van der Waals surface area contributed by atoms with Gasteiger partial charge in [0.15, 0.2) is 21.2 Å². The van der Waals surface area contributed by atoms with Crippen LogP contribution in [0.2, 0.25) is 0 Å². The van der Waals surface area contributed by atoms with E-state index < -0.39 is 50.9 Å². The van der Waals surface area contributed by atoms with E-state index in [4.69, 9.17) is 0 Å². The second-order valence-electron chi connectivity index (χ2n) is 6.52. The topological polar surface area (TPSA) is 93.9 Å². The zero-order chi connectivity index (χ0) is 21.7. The van der Waals surface area contributed by atoms with Crippen LogP contribution in [0.15, 0.2) is 53.4 Å². The summed E-state index contributed by atoms with van der Waals surface area (Å²) in [6, 6.07) is 9.06. The lowest BCUT2D eigenvalue weighted by Gasteiger charge is -2.14. The third kappa shape index (κ3) is 3.43. The predicted octanol–water partition coefficient (Wildman–Crippen LogP) is 2.68. The Hall–Kier alpha value is -3.28. The summed E-state index contributed by atoms with van der Waals surface area (Å²) in [6.45, 7) is 0. The molecule has 3 aromatic rings. The summed E-state index contributed by atoms with van der Waals surface area (Å²) in [5.41, 5.74) is -2.55. The molecule has 156 valence electrons. The van der Waals surface area contributed by atoms with Crippen molar-refractivity contribution in [3.63, 3.8) is 0 Å². The van der Waals surface area contributed by atoms with Crippen LogP contribution < -0.4 is 5.32 Å². The number of nitrogens with one attached hydrogen (secondary N) is 1.